The first-order valence-corrected chi connectivity index (χ1v) is 9.47. The van der Waals surface area contributed by atoms with Crippen molar-refractivity contribution in [2.45, 2.75) is 6.54 Å². The Kier molecular flexibility index (Phi) is 4.29. The number of aryl methyl sites for hydroxylation is 1. The highest BCUT2D eigenvalue weighted by Gasteiger charge is 2.11. The van der Waals surface area contributed by atoms with Gasteiger partial charge < -0.3 is 9.47 Å². The summed E-state index contributed by atoms with van der Waals surface area (Å²) in [5.74, 6) is 1.62. The van der Waals surface area contributed by atoms with E-state index in [9.17, 15) is 0 Å². The van der Waals surface area contributed by atoms with Gasteiger partial charge in [-0.3, -0.25) is 0 Å². The van der Waals surface area contributed by atoms with Gasteiger partial charge in [-0.1, -0.05) is 6.07 Å². The van der Waals surface area contributed by atoms with Crippen LogP contribution in [0.4, 0.5) is 5.82 Å². The molecule has 25 heavy (non-hydrogen) atoms. The standard InChI is InChI=1S/C17H16N6S2/c1-22-8-7-18-16(22)13-5-6-15(21-20-13)23(2)10-12-11-25-17(19-12)14-4-3-9-24-14/h3-9,11H,10H2,1-2H3. The lowest BCUT2D eigenvalue weighted by Crippen LogP contribution is -2.18. The Morgan fingerprint density at radius 2 is 2.08 bits per heavy atom. The van der Waals surface area contributed by atoms with Gasteiger partial charge in [0.2, 0.25) is 0 Å². The van der Waals surface area contributed by atoms with Crippen molar-refractivity contribution in [2.75, 3.05) is 11.9 Å². The van der Waals surface area contributed by atoms with Crippen molar-refractivity contribution in [1.29, 1.82) is 0 Å². The lowest BCUT2D eigenvalue weighted by molar-refractivity contribution is 0.844. The van der Waals surface area contributed by atoms with Crippen molar-refractivity contribution in [1.82, 2.24) is 24.7 Å². The van der Waals surface area contributed by atoms with Crippen LogP contribution in [0.2, 0.25) is 0 Å². The molecule has 0 saturated heterocycles. The molecule has 0 bridgehead atoms. The zero-order valence-corrected chi connectivity index (χ0v) is 15.5. The lowest BCUT2D eigenvalue weighted by Gasteiger charge is -2.16. The molecule has 6 nitrogen and oxygen atoms in total. The van der Waals surface area contributed by atoms with Crippen molar-refractivity contribution in [3.63, 3.8) is 0 Å². The largest absolute Gasteiger partial charge is 0.352 e. The highest BCUT2D eigenvalue weighted by Crippen LogP contribution is 2.28. The van der Waals surface area contributed by atoms with Gasteiger partial charge in [0.25, 0.3) is 0 Å². The van der Waals surface area contributed by atoms with Crippen molar-refractivity contribution in [3.05, 3.63) is 53.1 Å². The van der Waals surface area contributed by atoms with Gasteiger partial charge >= 0.3 is 0 Å². The summed E-state index contributed by atoms with van der Waals surface area (Å²) in [5.41, 5.74) is 1.80. The van der Waals surface area contributed by atoms with E-state index in [4.69, 9.17) is 4.98 Å². The van der Waals surface area contributed by atoms with E-state index in [2.05, 4.69) is 32.0 Å². The summed E-state index contributed by atoms with van der Waals surface area (Å²) in [4.78, 5) is 12.3. The van der Waals surface area contributed by atoms with Gasteiger partial charge in [-0.15, -0.1) is 32.9 Å². The highest BCUT2D eigenvalue weighted by atomic mass is 32.1. The van der Waals surface area contributed by atoms with Crippen molar-refractivity contribution in [3.8, 4) is 21.4 Å². The molecule has 0 unspecified atom stereocenters. The first-order chi connectivity index (χ1) is 12.2. The van der Waals surface area contributed by atoms with Crippen LogP contribution in [-0.4, -0.2) is 31.8 Å². The van der Waals surface area contributed by atoms with Gasteiger partial charge in [-0.25, -0.2) is 9.97 Å². The third-order valence-electron chi connectivity index (χ3n) is 3.77. The molecule has 4 aromatic rings. The van der Waals surface area contributed by atoms with Crippen molar-refractivity contribution >= 4 is 28.5 Å². The number of nitrogens with zero attached hydrogens (tertiary/aromatic N) is 6. The van der Waals surface area contributed by atoms with E-state index in [1.165, 1.54) is 4.88 Å². The molecule has 0 saturated carbocycles. The van der Waals surface area contributed by atoms with E-state index in [0.717, 1.165) is 28.0 Å². The first kappa shape index (κ1) is 15.9. The van der Waals surface area contributed by atoms with E-state index in [0.29, 0.717) is 6.54 Å². The zero-order chi connectivity index (χ0) is 17.2. The van der Waals surface area contributed by atoms with Crippen LogP contribution in [0, 0.1) is 0 Å². The van der Waals surface area contributed by atoms with Crippen LogP contribution in [0.15, 0.2) is 47.4 Å². The summed E-state index contributed by atoms with van der Waals surface area (Å²) in [6.07, 6.45) is 3.65. The monoisotopic (exact) mass is 368 g/mol. The van der Waals surface area contributed by atoms with E-state index in [1.807, 2.05) is 48.0 Å². The van der Waals surface area contributed by atoms with Gasteiger partial charge in [0.1, 0.15) is 10.7 Å². The molecule has 0 aliphatic carbocycles. The molecule has 0 fully saturated rings. The summed E-state index contributed by atoms with van der Waals surface area (Å²) in [5, 5.41) is 13.9. The van der Waals surface area contributed by atoms with Gasteiger partial charge in [0.15, 0.2) is 11.6 Å². The molecule has 8 heteroatoms. The van der Waals surface area contributed by atoms with Crippen LogP contribution in [0.5, 0.6) is 0 Å². The van der Waals surface area contributed by atoms with E-state index < -0.39 is 0 Å². The molecule has 0 aliphatic heterocycles. The number of aromatic nitrogens is 5. The Labute approximate surface area is 153 Å². The number of thiazole rings is 1. The van der Waals surface area contributed by atoms with Gasteiger partial charge in [-0.05, 0) is 23.6 Å². The van der Waals surface area contributed by atoms with Crippen LogP contribution in [0.1, 0.15) is 5.69 Å². The Morgan fingerprint density at radius 1 is 1.16 bits per heavy atom. The Hall–Kier alpha value is -2.58. The quantitative estimate of drug-likeness (QED) is 0.537. The predicted octanol–water partition coefficient (Wildman–Crippen LogP) is 3.70. The molecule has 0 N–H and O–H groups in total. The third kappa shape index (κ3) is 3.31. The summed E-state index contributed by atoms with van der Waals surface area (Å²) < 4.78 is 1.93. The van der Waals surface area contributed by atoms with Gasteiger partial charge in [0.05, 0.1) is 17.1 Å². The average Bonchev–Trinajstić information content (AvgIpc) is 3.36. The minimum absolute atomic E-state index is 0.693. The van der Waals surface area contributed by atoms with E-state index in [1.54, 1.807) is 28.9 Å². The topological polar surface area (TPSA) is 59.7 Å². The molecular formula is C17H16N6S2. The number of thiophene rings is 1. The highest BCUT2D eigenvalue weighted by molar-refractivity contribution is 7.20. The smallest absolute Gasteiger partial charge is 0.160 e. The zero-order valence-electron chi connectivity index (χ0n) is 13.8. The molecule has 0 amide bonds. The normalized spacial score (nSPS) is 11.0. The Bertz CT molecular complexity index is 955. The van der Waals surface area contributed by atoms with Crippen LogP contribution in [0.25, 0.3) is 21.4 Å². The summed E-state index contributed by atoms with van der Waals surface area (Å²) in [6.45, 7) is 0.693. The molecular weight excluding hydrogens is 352 g/mol. The predicted molar refractivity (Wildman–Crippen MR) is 102 cm³/mol. The fourth-order valence-electron chi connectivity index (χ4n) is 2.48. The molecule has 4 heterocycles. The third-order valence-corrected chi connectivity index (χ3v) is 5.70. The first-order valence-electron chi connectivity index (χ1n) is 7.71. The summed E-state index contributed by atoms with van der Waals surface area (Å²) >= 11 is 3.38. The van der Waals surface area contributed by atoms with Crippen LogP contribution < -0.4 is 4.90 Å². The fourth-order valence-corrected chi connectivity index (χ4v) is 4.10. The molecule has 4 aromatic heterocycles. The Balaban J connectivity index is 1.48. The van der Waals surface area contributed by atoms with Crippen LogP contribution in [-0.2, 0) is 13.6 Å². The lowest BCUT2D eigenvalue weighted by atomic mass is 10.3. The SMILES string of the molecule is CN(Cc1csc(-c2cccs2)n1)c1ccc(-c2nccn2C)nn1. The molecule has 0 spiro atoms. The maximum Gasteiger partial charge on any atom is 0.160 e. The number of hydrogen-bond donors (Lipinski definition) is 0. The van der Waals surface area contributed by atoms with E-state index in [-0.39, 0.29) is 0 Å². The average molecular weight is 368 g/mol. The second-order valence-electron chi connectivity index (χ2n) is 5.62. The van der Waals surface area contributed by atoms with Crippen LogP contribution >= 0.6 is 22.7 Å². The number of imidazole rings is 1. The fraction of sp³-hybridized carbons (Fsp3) is 0.176. The number of rotatable bonds is 5. The maximum absolute atomic E-state index is 4.71. The van der Waals surface area contributed by atoms with Gasteiger partial charge in [-0.2, -0.15) is 0 Å². The second kappa shape index (κ2) is 6.73. The summed E-state index contributed by atoms with van der Waals surface area (Å²) in [7, 11) is 3.94. The van der Waals surface area contributed by atoms with Crippen molar-refractivity contribution < 1.29 is 0 Å². The number of hydrogen-bond acceptors (Lipinski definition) is 7. The van der Waals surface area contributed by atoms with Gasteiger partial charge in [0, 0.05) is 31.9 Å². The molecule has 0 aromatic carbocycles. The molecule has 0 aliphatic rings. The molecule has 0 atom stereocenters. The summed E-state index contributed by atoms with van der Waals surface area (Å²) in [6, 6.07) is 8.05. The number of anilines is 1. The second-order valence-corrected chi connectivity index (χ2v) is 7.42. The minimum Gasteiger partial charge on any atom is -0.352 e. The molecule has 0 radical (unpaired) electrons. The van der Waals surface area contributed by atoms with E-state index >= 15 is 0 Å². The Morgan fingerprint density at radius 3 is 2.76 bits per heavy atom. The minimum atomic E-state index is 0.693. The van der Waals surface area contributed by atoms with Crippen molar-refractivity contribution in [2.24, 2.45) is 7.05 Å². The maximum atomic E-state index is 4.71. The molecule has 4 rings (SSSR count). The van der Waals surface area contributed by atoms with Crippen LogP contribution in [0.3, 0.4) is 0 Å². The molecule has 126 valence electrons.